The van der Waals surface area contributed by atoms with E-state index in [2.05, 4.69) is 20.6 Å². The molecule has 40 heavy (non-hydrogen) atoms. The lowest BCUT2D eigenvalue weighted by Gasteiger charge is -2.04. The van der Waals surface area contributed by atoms with Crippen LogP contribution in [0.5, 0.6) is 0 Å². The van der Waals surface area contributed by atoms with Crippen molar-refractivity contribution >= 4 is 149 Å². The van der Waals surface area contributed by atoms with E-state index >= 15 is 0 Å². The van der Waals surface area contributed by atoms with Crippen LogP contribution in [0, 0.1) is 6.26 Å². The van der Waals surface area contributed by atoms with Gasteiger partial charge in [0.25, 0.3) is 10.5 Å². The van der Waals surface area contributed by atoms with Gasteiger partial charge >= 0.3 is 0 Å². The summed E-state index contributed by atoms with van der Waals surface area (Å²) in [5.74, 6) is 3.25. The number of aliphatic hydroxyl groups excluding tert-OH is 1. The van der Waals surface area contributed by atoms with E-state index in [0.717, 1.165) is 39.9 Å². The van der Waals surface area contributed by atoms with Crippen molar-refractivity contribution in [2.24, 2.45) is 9.98 Å². The molecule has 2 amide bonds. The van der Waals surface area contributed by atoms with Gasteiger partial charge in [-0.2, -0.15) is 23.5 Å². The minimum Gasteiger partial charge on any atom is -0.386 e. The molecule has 0 aromatic heterocycles. The Kier molecular flexibility index (Phi) is 35.0. The van der Waals surface area contributed by atoms with Crippen LogP contribution >= 0.6 is 106 Å². The quantitative estimate of drug-likeness (QED) is 0.0452. The summed E-state index contributed by atoms with van der Waals surface area (Å²) in [6.07, 6.45) is 5.31. The van der Waals surface area contributed by atoms with E-state index in [-0.39, 0.29) is 16.4 Å². The minimum atomic E-state index is -1.17. The molecule has 2 unspecified atom stereocenters. The van der Waals surface area contributed by atoms with Crippen LogP contribution in [0.4, 0.5) is 9.59 Å². The number of thioether (sulfide) groups is 9. The lowest BCUT2D eigenvalue weighted by atomic mass is 10.8. The van der Waals surface area contributed by atoms with Crippen molar-refractivity contribution in [2.45, 2.75) is 0 Å². The molecule has 232 valence electrons. The summed E-state index contributed by atoms with van der Waals surface area (Å²) in [6.45, 7) is 2.32. The topological polar surface area (TPSA) is 137 Å². The molecule has 2 radical (unpaired) electrons. The van der Waals surface area contributed by atoms with Crippen LogP contribution in [0.1, 0.15) is 0 Å². The van der Waals surface area contributed by atoms with Gasteiger partial charge in [0.1, 0.15) is 0 Å². The molecule has 0 aromatic rings. The maximum Gasteiger partial charge on any atom is 0.279 e. The number of aliphatic imine (C=N–C) groups is 2. The van der Waals surface area contributed by atoms with E-state index in [4.69, 9.17) is 11.4 Å². The zero-order chi connectivity index (χ0) is 29.5. The highest BCUT2D eigenvalue weighted by Crippen LogP contribution is 2.17. The third-order valence-corrected chi connectivity index (χ3v) is 15.2. The van der Waals surface area contributed by atoms with Gasteiger partial charge in [-0.15, -0.1) is 58.8 Å². The summed E-state index contributed by atoms with van der Waals surface area (Å²) in [7, 11) is -2.24. The van der Waals surface area contributed by atoms with Crippen LogP contribution in [0.2, 0.25) is 0 Å². The fourth-order valence-electron chi connectivity index (χ4n) is 1.92. The third-order valence-electron chi connectivity index (χ3n) is 3.50. The average molecular weight is 765 g/mol. The Morgan fingerprint density at radius 1 is 0.700 bits per heavy atom. The van der Waals surface area contributed by atoms with Gasteiger partial charge < -0.3 is 15.7 Å². The molecule has 0 saturated carbocycles. The number of nitrogens with one attached hydrogen (secondary N) is 2. The predicted molar refractivity (Wildman–Crippen MR) is 198 cm³/mol. The molecule has 0 aliphatic rings. The first-order chi connectivity index (χ1) is 19.5. The maximum absolute atomic E-state index is 12.0. The molecule has 0 aliphatic carbocycles. The highest BCUT2D eigenvalue weighted by atomic mass is 32.3. The number of carbonyl (C=O) groups excluding carboxylic acids is 2. The number of aliphatic hydroxyl groups is 1. The smallest absolute Gasteiger partial charge is 0.279 e. The van der Waals surface area contributed by atoms with Crippen molar-refractivity contribution in [1.82, 2.24) is 10.6 Å². The van der Waals surface area contributed by atoms with Crippen LogP contribution in [0.15, 0.2) is 9.98 Å². The van der Waals surface area contributed by atoms with Gasteiger partial charge in [-0.1, -0.05) is 23.5 Å². The summed E-state index contributed by atoms with van der Waals surface area (Å²) in [4.78, 5) is 31.9. The standard InChI is InChI=1S/C20H36N4O5S11/c1-30-13-35-17-39(28)10-21-2-6-32-9-5-24-20(27)38-16-36-18-40(29)11-22-3-7-31-8-4-23-19(26)37-15-34-14-33-12-25/h1,10-11,25H,2-9,12-18H2,(H,23,26)(H,24,27). The molecule has 0 fully saturated rings. The first kappa shape index (κ1) is 41.7. The van der Waals surface area contributed by atoms with Gasteiger partial charge in [0.2, 0.25) is 0 Å². The zero-order valence-corrected chi connectivity index (χ0v) is 30.8. The predicted octanol–water partition coefficient (Wildman–Crippen LogP) is 4.92. The highest BCUT2D eigenvalue weighted by molar-refractivity contribution is 8.27. The van der Waals surface area contributed by atoms with Crippen molar-refractivity contribution in [3.8, 4) is 0 Å². The lowest BCUT2D eigenvalue weighted by Crippen LogP contribution is -2.21. The van der Waals surface area contributed by atoms with E-state index in [0.29, 0.717) is 51.6 Å². The van der Waals surface area contributed by atoms with Crippen LogP contribution in [-0.4, -0.2) is 121 Å². The minimum absolute atomic E-state index is 0.0413. The number of hydrogen-bond acceptors (Lipinski definition) is 16. The Hall–Kier alpha value is 1.69. The highest BCUT2D eigenvalue weighted by Gasteiger charge is 2.04. The summed E-state index contributed by atoms with van der Waals surface area (Å²) in [6, 6.07) is 0. The van der Waals surface area contributed by atoms with Crippen LogP contribution in [0.3, 0.4) is 0 Å². The summed E-state index contributed by atoms with van der Waals surface area (Å²) in [5, 5.41) is 17.8. The van der Waals surface area contributed by atoms with E-state index in [1.807, 2.05) is 0 Å². The number of hydrogen-bond donors (Lipinski definition) is 3. The van der Waals surface area contributed by atoms with Crippen molar-refractivity contribution < 1.29 is 23.1 Å². The molecule has 0 aromatic carbocycles. The van der Waals surface area contributed by atoms with Gasteiger partial charge in [-0.25, -0.2) is 0 Å². The van der Waals surface area contributed by atoms with Crippen LogP contribution < -0.4 is 10.6 Å². The molecule has 0 saturated heterocycles. The molecular weight excluding hydrogens is 729 g/mol. The Morgan fingerprint density at radius 3 is 1.70 bits per heavy atom. The average Bonchev–Trinajstić information content (AvgIpc) is 2.94. The van der Waals surface area contributed by atoms with Crippen LogP contribution in [-0.2, 0) is 21.6 Å². The number of amides is 2. The Bertz CT molecular complexity index is 754. The Labute approximate surface area is 282 Å². The monoisotopic (exact) mass is 764 g/mol. The first-order valence-electron chi connectivity index (χ1n) is 11.4. The van der Waals surface area contributed by atoms with E-state index in [1.54, 1.807) is 35.3 Å². The summed E-state index contributed by atoms with van der Waals surface area (Å²) < 4.78 is 23.6. The molecular formula is C20H36N4O5S11. The second-order valence-electron chi connectivity index (χ2n) is 6.55. The number of carbonyl (C=O) groups is 2. The van der Waals surface area contributed by atoms with Crippen molar-refractivity contribution in [3.05, 3.63) is 6.26 Å². The fraction of sp³-hybridized carbons (Fsp3) is 0.750. The molecule has 0 rings (SSSR count). The maximum atomic E-state index is 12.0. The van der Waals surface area contributed by atoms with Gasteiger partial charge in [0, 0.05) is 75.8 Å². The Balaban J connectivity index is 3.51. The molecule has 0 aliphatic heterocycles. The van der Waals surface area contributed by atoms with Gasteiger partial charge in [0.05, 0.1) is 48.8 Å². The fourth-order valence-corrected chi connectivity index (χ4v) is 11.4. The molecule has 9 nitrogen and oxygen atoms in total. The zero-order valence-electron chi connectivity index (χ0n) is 21.8. The first-order valence-corrected chi connectivity index (χ1v) is 24.1. The van der Waals surface area contributed by atoms with Gasteiger partial charge in [-0.3, -0.25) is 28.0 Å². The normalized spacial score (nSPS) is 13.2. The largest absolute Gasteiger partial charge is 0.386 e. The van der Waals surface area contributed by atoms with Gasteiger partial charge in [0.15, 0.2) is 0 Å². The molecule has 0 spiro atoms. The third kappa shape index (κ3) is 32.6. The Morgan fingerprint density at radius 2 is 1.20 bits per heavy atom. The summed E-state index contributed by atoms with van der Waals surface area (Å²) >= 11 is 12.9. The van der Waals surface area contributed by atoms with E-state index in [1.165, 1.54) is 69.9 Å². The van der Waals surface area contributed by atoms with Crippen LogP contribution in [0.25, 0.3) is 0 Å². The number of rotatable bonds is 27. The van der Waals surface area contributed by atoms with Crippen molar-refractivity contribution in [3.63, 3.8) is 0 Å². The molecule has 0 heterocycles. The number of nitrogens with zero attached hydrogens (tertiary/aromatic N) is 2. The SMILES string of the molecule is [CH]SCSCS(=O)C=NCCSCCNC(=O)SCSCS(=O)C=NCCSCCNC(=O)SCSCSCO. The van der Waals surface area contributed by atoms with Crippen molar-refractivity contribution in [2.75, 3.05) is 85.6 Å². The molecule has 3 N–H and O–H groups in total. The second-order valence-corrected chi connectivity index (χ2v) is 20.1. The lowest BCUT2D eigenvalue weighted by molar-refractivity contribution is 0.260. The van der Waals surface area contributed by atoms with Gasteiger partial charge in [-0.05, 0) is 0 Å². The second kappa shape index (κ2) is 33.6. The van der Waals surface area contributed by atoms with E-state index in [9.17, 15) is 18.0 Å². The molecule has 0 bridgehead atoms. The van der Waals surface area contributed by atoms with Crippen molar-refractivity contribution in [1.29, 1.82) is 0 Å². The molecule has 2 atom stereocenters. The molecule has 20 heteroatoms. The summed E-state index contributed by atoms with van der Waals surface area (Å²) in [5.41, 5.74) is 2.95. The van der Waals surface area contributed by atoms with E-state index < -0.39 is 21.6 Å².